The third kappa shape index (κ3) is 5.48. The maximum absolute atomic E-state index is 12.6. The average Bonchev–Trinajstić information content (AvgIpc) is 2.83. The molecule has 0 saturated carbocycles. The van der Waals surface area contributed by atoms with Crippen LogP contribution in [0.3, 0.4) is 0 Å². The van der Waals surface area contributed by atoms with E-state index in [2.05, 4.69) is 49.6 Å². The van der Waals surface area contributed by atoms with E-state index < -0.39 is 11.7 Å². The highest BCUT2D eigenvalue weighted by atomic mass is 79.9. The number of nitrogens with zero attached hydrogens (tertiary/aromatic N) is 2. The third-order valence-corrected chi connectivity index (χ3v) is 5.58. The van der Waals surface area contributed by atoms with E-state index in [1.165, 1.54) is 19.4 Å². The van der Waals surface area contributed by atoms with E-state index in [-0.39, 0.29) is 5.82 Å². The first kappa shape index (κ1) is 23.6. The Bertz CT molecular complexity index is 1320. The molecule has 4 aromatic rings. The van der Waals surface area contributed by atoms with Crippen molar-refractivity contribution in [3.63, 3.8) is 0 Å². The van der Waals surface area contributed by atoms with Crippen LogP contribution in [-0.2, 0) is 12.8 Å². The zero-order valence-corrected chi connectivity index (χ0v) is 19.5. The van der Waals surface area contributed by atoms with Gasteiger partial charge in [0.15, 0.2) is 11.5 Å². The Labute approximate surface area is 202 Å². The quantitative estimate of drug-likeness (QED) is 0.206. The summed E-state index contributed by atoms with van der Waals surface area (Å²) in [5, 5.41) is 6.29. The molecule has 9 heteroatoms. The highest BCUT2D eigenvalue weighted by molar-refractivity contribution is 9.10. The standard InChI is InChI=1S/C25H19BrF3N3O2/c1-33-22-12-16(13-31-32-23-10-9-19(14-30-23)25(27,28)29)11-21(26)24(22)34-15-18-7-4-6-17-5-2-3-8-20(17)18/h2-14H,15H2,1H3,(H,30,32)/b31-13+. The number of halogens is 4. The van der Waals surface area contributed by atoms with Gasteiger partial charge in [-0.1, -0.05) is 42.5 Å². The molecule has 0 atom stereocenters. The van der Waals surface area contributed by atoms with Gasteiger partial charge in [-0.25, -0.2) is 4.98 Å². The number of pyridine rings is 1. The fourth-order valence-corrected chi connectivity index (χ4v) is 3.90. The van der Waals surface area contributed by atoms with Crippen LogP contribution in [0.25, 0.3) is 10.8 Å². The molecule has 174 valence electrons. The number of rotatable bonds is 7. The fraction of sp³-hybridized carbons (Fsp3) is 0.120. The van der Waals surface area contributed by atoms with Crippen LogP contribution in [0.4, 0.5) is 19.0 Å². The number of methoxy groups -OCH3 is 1. The van der Waals surface area contributed by atoms with Gasteiger partial charge in [-0.15, -0.1) is 0 Å². The van der Waals surface area contributed by atoms with Gasteiger partial charge in [-0.3, -0.25) is 5.43 Å². The minimum absolute atomic E-state index is 0.185. The molecule has 0 aliphatic heterocycles. The van der Waals surface area contributed by atoms with Crippen molar-refractivity contribution >= 4 is 38.7 Å². The van der Waals surface area contributed by atoms with Crippen molar-refractivity contribution in [3.05, 3.63) is 94.1 Å². The summed E-state index contributed by atoms with van der Waals surface area (Å²) in [6.45, 7) is 0.352. The normalized spacial score (nSPS) is 11.7. The Morgan fingerprint density at radius 1 is 1.06 bits per heavy atom. The highest BCUT2D eigenvalue weighted by Crippen LogP contribution is 2.37. The van der Waals surface area contributed by atoms with Crippen LogP contribution in [0.5, 0.6) is 11.5 Å². The lowest BCUT2D eigenvalue weighted by molar-refractivity contribution is -0.137. The van der Waals surface area contributed by atoms with E-state index in [1.54, 1.807) is 12.1 Å². The Kier molecular flexibility index (Phi) is 7.02. The van der Waals surface area contributed by atoms with E-state index >= 15 is 0 Å². The van der Waals surface area contributed by atoms with Gasteiger partial charge in [0, 0.05) is 6.20 Å². The molecule has 0 aliphatic rings. The first-order chi connectivity index (χ1) is 16.3. The van der Waals surface area contributed by atoms with Gasteiger partial charge in [0.2, 0.25) is 0 Å². The monoisotopic (exact) mass is 529 g/mol. The molecule has 1 heterocycles. The van der Waals surface area contributed by atoms with Crippen LogP contribution in [0.1, 0.15) is 16.7 Å². The molecule has 4 rings (SSSR count). The predicted molar refractivity (Wildman–Crippen MR) is 129 cm³/mol. The van der Waals surface area contributed by atoms with Crippen LogP contribution >= 0.6 is 15.9 Å². The summed E-state index contributed by atoms with van der Waals surface area (Å²) in [6.07, 6.45) is -2.18. The summed E-state index contributed by atoms with van der Waals surface area (Å²) >= 11 is 3.52. The largest absolute Gasteiger partial charge is 0.493 e. The molecule has 0 spiro atoms. The predicted octanol–water partition coefficient (Wildman–Crippen LogP) is 7.05. The Morgan fingerprint density at radius 3 is 2.59 bits per heavy atom. The molecular weight excluding hydrogens is 511 g/mol. The SMILES string of the molecule is COc1cc(/C=N/Nc2ccc(C(F)(F)F)cn2)cc(Br)c1OCc1cccc2ccccc12. The molecule has 1 aromatic heterocycles. The van der Waals surface area contributed by atoms with E-state index in [0.717, 1.165) is 28.6 Å². The first-order valence-corrected chi connectivity index (χ1v) is 10.9. The second kappa shape index (κ2) is 10.1. The number of ether oxygens (including phenoxy) is 2. The summed E-state index contributed by atoms with van der Waals surface area (Å²) in [7, 11) is 1.54. The maximum Gasteiger partial charge on any atom is 0.417 e. The van der Waals surface area contributed by atoms with Gasteiger partial charge >= 0.3 is 6.18 Å². The summed E-state index contributed by atoms with van der Waals surface area (Å²) < 4.78 is 50.2. The van der Waals surface area contributed by atoms with Gasteiger partial charge in [-0.2, -0.15) is 18.3 Å². The summed E-state index contributed by atoms with van der Waals surface area (Å²) in [4.78, 5) is 3.72. The van der Waals surface area contributed by atoms with Crippen LogP contribution in [-0.4, -0.2) is 18.3 Å². The molecule has 0 aliphatic carbocycles. The van der Waals surface area contributed by atoms with E-state index in [1.807, 2.05) is 24.3 Å². The topological polar surface area (TPSA) is 55.7 Å². The Morgan fingerprint density at radius 2 is 1.85 bits per heavy atom. The molecule has 3 aromatic carbocycles. The molecule has 0 saturated heterocycles. The number of benzene rings is 3. The molecular formula is C25H19BrF3N3O2. The maximum atomic E-state index is 12.6. The van der Waals surface area contributed by atoms with Crippen molar-refractivity contribution in [2.24, 2.45) is 5.10 Å². The summed E-state index contributed by atoms with van der Waals surface area (Å²) in [5.41, 5.74) is 3.51. The average molecular weight is 530 g/mol. The molecule has 0 unspecified atom stereocenters. The van der Waals surface area contributed by atoms with Gasteiger partial charge in [0.25, 0.3) is 0 Å². The number of fused-ring (bicyclic) bond motifs is 1. The van der Waals surface area contributed by atoms with Crippen molar-refractivity contribution in [2.45, 2.75) is 12.8 Å². The number of nitrogens with one attached hydrogen (secondary N) is 1. The van der Waals surface area contributed by atoms with Crippen LogP contribution in [0.15, 0.2) is 82.5 Å². The number of hydrogen-bond donors (Lipinski definition) is 1. The summed E-state index contributed by atoms with van der Waals surface area (Å²) in [6, 6.07) is 19.8. The zero-order chi connectivity index (χ0) is 24.1. The number of anilines is 1. The lowest BCUT2D eigenvalue weighted by Gasteiger charge is -2.14. The lowest BCUT2D eigenvalue weighted by atomic mass is 10.1. The molecule has 0 fully saturated rings. The second-order valence-electron chi connectivity index (χ2n) is 7.26. The lowest BCUT2D eigenvalue weighted by Crippen LogP contribution is -2.05. The van der Waals surface area contributed by atoms with Crippen molar-refractivity contribution in [3.8, 4) is 11.5 Å². The molecule has 34 heavy (non-hydrogen) atoms. The van der Waals surface area contributed by atoms with Crippen molar-refractivity contribution in [2.75, 3.05) is 12.5 Å². The molecule has 0 radical (unpaired) electrons. The Balaban J connectivity index is 1.47. The third-order valence-electron chi connectivity index (χ3n) is 4.99. The Hall–Kier alpha value is -3.59. The minimum atomic E-state index is -4.44. The van der Waals surface area contributed by atoms with Crippen LogP contribution < -0.4 is 14.9 Å². The first-order valence-electron chi connectivity index (χ1n) is 10.1. The number of alkyl halides is 3. The van der Waals surface area contributed by atoms with Crippen molar-refractivity contribution < 1.29 is 22.6 Å². The van der Waals surface area contributed by atoms with Crippen LogP contribution in [0, 0.1) is 0 Å². The van der Waals surface area contributed by atoms with Crippen molar-refractivity contribution in [1.82, 2.24) is 4.98 Å². The number of hydrazone groups is 1. The molecule has 5 nitrogen and oxygen atoms in total. The minimum Gasteiger partial charge on any atom is -0.493 e. The summed E-state index contributed by atoms with van der Waals surface area (Å²) in [5.74, 6) is 1.24. The molecule has 0 bridgehead atoms. The number of hydrogen-bond acceptors (Lipinski definition) is 5. The molecule has 0 amide bonds. The fourth-order valence-electron chi connectivity index (χ4n) is 3.32. The second-order valence-corrected chi connectivity index (χ2v) is 8.12. The van der Waals surface area contributed by atoms with Gasteiger partial charge in [0.05, 0.1) is 23.4 Å². The van der Waals surface area contributed by atoms with E-state index in [9.17, 15) is 13.2 Å². The van der Waals surface area contributed by atoms with Gasteiger partial charge in [-0.05, 0) is 62.1 Å². The smallest absolute Gasteiger partial charge is 0.417 e. The van der Waals surface area contributed by atoms with E-state index in [4.69, 9.17) is 9.47 Å². The van der Waals surface area contributed by atoms with Gasteiger partial charge in [0.1, 0.15) is 12.4 Å². The number of aromatic nitrogens is 1. The van der Waals surface area contributed by atoms with Gasteiger partial charge < -0.3 is 9.47 Å². The van der Waals surface area contributed by atoms with Crippen molar-refractivity contribution in [1.29, 1.82) is 0 Å². The molecule has 1 N–H and O–H groups in total. The highest BCUT2D eigenvalue weighted by Gasteiger charge is 2.30. The van der Waals surface area contributed by atoms with E-state index in [0.29, 0.717) is 28.1 Å². The zero-order valence-electron chi connectivity index (χ0n) is 17.9. The van der Waals surface area contributed by atoms with Crippen LogP contribution in [0.2, 0.25) is 0 Å².